The van der Waals surface area contributed by atoms with Gasteiger partial charge in [0.2, 0.25) is 0 Å². The molecule has 1 atom stereocenters. The van der Waals surface area contributed by atoms with Crippen molar-refractivity contribution >= 4 is 5.78 Å². The number of rotatable bonds is 3. The van der Waals surface area contributed by atoms with Crippen LogP contribution in [0.15, 0.2) is 0 Å². The minimum Gasteiger partial charge on any atom is -0.299 e. The van der Waals surface area contributed by atoms with Crippen LogP contribution in [0, 0.1) is 17.3 Å². The van der Waals surface area contributed by atoms with Crippen molar-refractivity contribution in [2.45, 2.75) is 58.8 Å². The van der Waals surface area contributed by atoms with Crippen molar-refractivity contribution in [2.24, 2.45) is 17.3 Å². The molecule has 0 radical (unpaired) electrons. The Kier molecular flexibility index (Phi) is 2.68. The SMILES string of the molecule is CC1(C)CC1C(=O)CC1CCCCC1. The first kappa shape index (κ1) is 10.2. The van der Waals surface area contributed by atoms with Gasteiger partial charge in [-0.1, -0.05) is 46.0 Å². The van der Waals surface area contributed by atoms with E-state index >= 15 is 0 Å². The van der Waals surface area contributed by atoms with Gasteiger partial charge in [0.15, 0.2) is 0 Å². The second-order valence-corrected chi connectivity index (χ2v) is 5.92. The van der Waals surface area contributed by atoms with Crippen LogP contribution in [0.25, 0.3) is 0 Å². The van der Waals surface area contributed by atoms with E-state index in [9.17, 15) is 4.79 Å². The van der Waals surface area contributed by atoms with Gasteiger partial charge in [-0.25, -0.2) is 0 Å². The Bertz CT molecular complexity index is 223. The second-order valence-electron chi connectivity index (χ2n) is 5.92. The van der Waals surface area contributed by atoms with Crippen molar-refractivity contribution in [3.8, 4) is 0 Å². The Morgan fingerprint density at radius 3 is 2.29 bits per heavy atom. The summed E-state index contributed by atoms with van der Waals surface area (Å²) < 4.78 is 0. The molecule has 2 rings (SSSR count). The van der Waals surface area contributed by atoms with Crippen molar-refractivity contribution in [2.75, 3.05) is 0 Å². The molecular formula is C13H22O. The molecule has 0 spiro atoms. The summed E-state index contributed by atoms with van der Waals surface area (Å²) in [7, 11) is 0. The lowest BCUT2D eigenvalue weighted by Crippen LogP contribution is -2.14. The van der Waals surface area contributed by atoms with Gasteiger partial charge in [-0.3, -0.25) is 4.79 Å². The molecular weight excluding hydrogens is 172 g/mol. The Balaban J connectivity index is 1.77. The number of hydrogen-bond donors (Lipinski definition) is 0. The number of carbonyl (C=O) groups is 1. The van der Waals surface area contributed by atoms with E-state index in [2.05, 4.69) is 13.8 Å². The van der Waals surface area contributed by atoms with Gasteiger partial charge in [-0.05, 0) is 17.8 Å². The molecule has 0 bridgehead atoms. The molecule has 0 heterocycles. The zero-order valence-corrected chi connectivity index (χ0v) is 9.51. The zero-order chi connectivity index (χ0) is 10.2. The summed E-state index contributed by atoms with van der Waals surface area (Å²) in [5.41, 5.74) is 0.339. The highest BCUT2D eigenvalue weighted by atomic mass is 16.1. The molecule has 0 aromatic rings. The maximum atomic E-state index is 11.9. The van der Waals surface area contributed by atoms with E-state index in [1.165, 1.54) is 32.1 Å². The molecule has 0 aliphatic heterocycles. The van der Waals surface area contributed by atoms with Crippen LogP contribution in [0.4, 0.5) is 0 Å². The van der Waals surface area contributed by atoms with Crippen LogP contribution in [0.2, 0.25) is 0 Å². The molecule has 2 aliphatic carbocycles. The van der Waals surface area contributed by atoms with Gasteiger partial charge >= 0.3 is 0 Å². The Hall–Kier alpha value is -0.330. The molecule has 80 valence electrons. The van der Waals surface area contributed by atoms with Crippen LogP contribution in [0.3, 0.4) is 0 Å². The van der Waals surface area contributed by atoms with Crippen molar-refractivity contribution in [3.05, 3.63) is 0 Å². The number of hydrogen-bond acceptors (Lipinski definition) is 1. The Labute approximate surface area is 87.3 Å². The van der Waals surface area contributed by atoms with Crippen LogP contribution in [0.1, 0.15) is 58.8 Å². The van der Waals surface area contributed by atoms with Crippen LogP contribution in [0.5, 0.6) is 0 Å². The highest BCUT2D eigenvalue weighted by Crippen LogP contribution is 2.53. The molecule has 1 nitrogen and oxygen atoms in total. The van der Waals surface area contributed by atoms with Gasteiger partial charge < -0.3 is 0 Å². The van der Waals surface area contributed by atoms with E-state index in [-0.39, 0.29) is 0 Å². The van der Waals surface area contributed by atoms with E-state index < -0.39 is 0 Å². The van der Waals surface area contributed by atoms with E-state index in [0.717, 1.165) is 18.8 Å². The molecule has 2 aliphatic rings. The fourth-order valence-corrected chi connectivity index (χ4v) is 2.83. The molecule has 0 aromatic heterocycles. The molecule has 2 saturated carbocycles. The summed E-state index contributed by atoms with van der Waals surface area (Å²) in [4.78, 5) is 11.9. The first-order valence-corrected chi connectivity index (χ1v) is 6.12. The van der Waals surface area contributed by atoms with Gasteiger partial charge in [0.1, 0.15) is 5.78 Å². The van der Waals surface area contributed by atoms with E-state index in [1.54, 1.807) is 0 Å². The fraction of sp³-hybridized carbons (Fsp3) is 0.923. The molecule has 0 saturated heterocycles. The van der Waals surface area contributed by atoms with E-state index in [0.29, 0.717) is 17.1 Å². The Morgan fingerprint density at radius 1 is 1.21 bits per heavy atom. The highest BCUT2D eigenvalue weighted by Gasteiger charge is 2.50. The minimum atomic E-state index is 0.339. The lowest BCUT2D eigenvalue weighted by atomic mass is 9.84. The molecule has 1 heteroatoms. The maximum absolute atomic E-state index is 11.9. The topological polar surface area (TPSA) is 17.1 Å². The van der Waals surface area contributed by atoms with Gasteiger partial charge in [0.05, 0.1) is 0 Å². The normalized spacial score (nSPS) is 31.4. The molecule has 0 aromatic carbocycles. The third-order valence-corrected chi connectivity index (χ3v) is 4.12. The van der Waals surface area contributed by atoms with E-state index in [1.807, 2.05) is 0 Å². The van der Waals surface area contributed by atoms with Gasteiger partial charge in [-0.2, -0.15) is 0 Å². The molecule has 0 N–H and O–H groups in total. The summed E-state index contributed by atoms with van der Waals surface area (Å²) in [6, 6.07) is 0. The smallest absolute Gasteiger partial charge is 0.136 e. The first-order chi connectivity index (χ1) is 6.59. The summed E-state index contributed by atoms with van der Waals surface area (Å²) in [5, 5.41) is 0. The Morgan fingerprint density at radius 2 is 1.79 bits per heavy atom. The lowest BCUT2D eigenvalue weighted by molar-refractivity contribution is -0.122. The van der Waals surface area contributed by atoms with Crippen LogP contribution in [-0.2, 0) is 4.79 Å². The number of ketones is 1. The van der Waals surface area contributed by atoms with Gasteiger partial charge in [0, 0.05) is 12.3 Å². The summed E-state index contributed by atoms with van der Waals surface area (Å²) in [6.45, 7) is 4.44. The van der Waals surface area contributed by atoms with Crippen LogP contribution in [-0.4, -0.2) is 5.78 Å². The second kappa shape index (κ2) is 3.67. The molecule has 0 amide bonds. The summed E-state index contributed by atoms with van der Waals surface area (Å²) in [6.07, 6.45) is 8.72. The third-order valence-electron chi connectivity index (χ3n) is 4.12. The van der Waals surface area contributed by atoms with Gasteiger partial charge in [0.25, 0.3) is 0 Å². The zero-order valence-electron chi connectivity index (χ0n) is 9.51. The largest absolute Gasteiger partial charge is 0.299 e. The number of Topliss-reactive ketones (excluding diaryl/α,β-unsaturated/α-hetero) is 1. The lowest BCUT2D eigenvalue weighted by Gasteiger charge is -2.20. The highest BCUT2D eigenvalue weighted by molar-refractivity contribution is 5.84. The predicted molar refractivity (Wildman–Crippen MR) is 58.1 cm³/mol. The van der Waals surface area contributed by atoms with E-state index in [4.69, 9.17) is 0 Å². The average Bonchev–Trinajstić information content (AvgIpc) is 2.77. The number of carbonyl (C=O) groups excluding carboxylic acids is 1. The van der Waals surface area contributed by atoms with Crippen molar-refractivity contribution in [1.29, 1.82) is 0 Å². The molecule has 2 fully saturated rings. The summed E-state index contributed by atoms with van der Waals surface area (Å²) in [5.74, 6) is 1.69. The first-order valence-electron chi connectivity index (χ1n) is 6.12. The monoisotopic (exact) mass is 194 g/mol. The molecule has 1 unspecified atom stereocenters. The van der Waals surface area contributed by atoms with Crippen molar-refractivity contribution < 1.29 is 4.79 Å². The average molecular weight is 194 g/mol. The van der Waals surface area contributed by atoms with Crippen molar-refractivity contribution in [3.63, 3.8) is 0 Å². The van der Waals surface area contributed by atoms with Crippen LogP contribution < -0.4 is 0 Å². The minimum absolute atomic E-state index is 0.339. The quantitative estimate of drug-likeness (QED) is 0.671. The van der Waals surface area contributed by atoms with Crippen LogP contribution >= 0.6 is 0 Å². The summed E-state index contributed by atoms with van der Waals surface area (Å²) >= 11 is 0. The standard InChI is InChI=1S/C13H22O/c1-13(2)9-11(13)12(14)8-10-6-4-3-5-7-10/h10-11H,3-9H2,1-2H3. The van der Waals surface area contributed by atoms with Crippen molar-refractivity contribution in [1.82, 2.24) is 0 Å². The molecule has 14 heavy (non-hydrogen) atoms. The third kappa shape index (κ3) is 2.18. The fourth-order valence-electron chi connectivity index (χ4n) is 2.83. The predicted octanol–water partition coefficient (Wildman–Crippen LogP) is 3.57. The maximum Gasteiger partial charge on any atom is 0.136 e. The van der Waals surface area contributed by atoms with Gasteiger partial charge in [-0.15, -0.1) is 0 Å².